The molecule has 0 aliphatic heterocycles. The molecule has 4 nitrogen and oxygen atoms in total. The van der Waals surface area contributed by atoms with Gasteiger partial charge in [-0.25, -0.2) is 9.97 Å². The van der Waals surface area contributed by atoms with Gasteiger partial charge in [0.2, 0.25) is 0 Å². The molecule has 0 aliphatic carbocycles. The van der Waals surface area contributed by atoms with Crippen LogP contribution in [0, 0.1) is 6.92 Å². The van der Waals surface area contributed by atoms with Crippen molar-refractivity contribution in [1.82, 2.24) is 9.97 Å². The van der Waals surface area contributed by atoms with Crippen molar-refractivity contribution in [2.45, 2.75) is 13.3 Å². The molecule has 0 spiro atoms. The van der Waals surface area contributed by atoms with Crippen LogP contribution in [0.2, 0.25) is 5.02 Å². The molecule has 1 heterocycles. The van der Waals surface area contributed by atoms with Gasteiger partial charge in [-0.2, -0.15) is 0 Å². The third kappa shape index (κ3) is 3.78. The van der Waals surface area contributed by atoms with Crippen LogP contribution < -0.4 is 5.32 Å². The molecular formula is C19H16ClN3O. The summed E-state index contributed by atoms with van der Waals surface area (Å²) in [5.74, 6) is 0.417. The lowest BCUT2D eigenvalue weighted by atomic mass is 10.1. The number of anilines is 1. The van der Waals surface area contributed by atoms with E-state index < -0.39 is 0 Å². The number of aryl methyl sites for hydroxylation is 1. The van der Waals surface area contributed by atoms with Crippen molar-refractivity contribution in [3.8, 4) is 0 Å². The number of benzene rings is 2. The molecule has 0 radical (unpaired) electrons. The molecule has 0 bridgehead atoms. The van der Waals surface area contributed by atoms with Gasteiger partial charge in [-0.1, -0.05) is 54.1 Å². The second-order valence-electron chi connectivity index (χ2n) is 5.38. The van der Waals surface area contributed by atoms with Gasteiger partial charge in [-0.3, -0.25) is 4.79 Å². The monoisotopic (exact) mass is 337 g/mol. The van der Waals surface area contributed by atoms with Crippen LogP contribution in [-0.2, 0) is 6.42 Å². The topological polar surface area (TPSA) is 54.9 Å². The van der Waals surface area contributed by atoms with Crippen molar-refractivity contribution < 1.29 is 4.79 Å². The van der Waals surface area contributed by atoms with Crippen molar-refractivity contribution in [3.05, 3.63) is 88.5 Å². The van der Waals surface area contributed by atoms with E-state index in [9.17, 15) is 4.79 Å². The maximum Gasteiger partial charge on any atom is 0.259 e. The Kier molecular flexibility index (Phi) is 4.87. The lowest BCUT2D eigenvalue weighted by Gasteiger charge is -2.09. The van der Waals surface area contributed by atoms with Crippen molar-refractivity contribution in [1.29, 1.82) is 0 Å². The molecule has 120 valence electrons. The number of hydrogen-bond acceptors (Lipinski definition) is 3. The Labute approximate surface area is 145 Å². The molecule has 0 aliphatic rings. The second kappa shape index (κ2) is 7.23. The van der Waals surface area contributed by atoms with Gasteiger partial charge in [0, 0.05) is 12.6 Å². The second-order valence-corrected chi connectivity index (χ2v) is 5.79. The Morgan fingerprint density at radius 3 is 2.50 bits per heavy atom. The normalized spacial score (nSPS) is 10.4. The van der Waals surface area contributed by atoms with E-state index in [1.807, 2.05) is 42.5 Å². The van der Waals surface area contributed by atoms with Crippen LogP contribution in [-0.4, -0.2) is 15.9 Å². The van der Waals surface area contributed by atoms with Gasteiger partial charge < -0.3 is 5.32 Å². The highest BCUT2D eigenvalue weighted by molar-refractivity contribution is 6.33. The number of carbonyl (C=O) groups is 1. The highest BCUT2D eigenvalue weighted by Gasteiger charge is 2.13. The smallest absolute Gasteiger partial charge is 0.259 e. The third-order valence-electron chi connectivity index (χ3n) is 3.60. The SMILES string of the molecule is Cc1nc(Cc2ccccc2)ncc1C(=O)Nc1ccccc1Cl. The summed E-state index contributed by atoms with van der Waals surface area (Å²) in [5.41, 5.74) is 2.77. The first-order chi connectivity index (χ1) is 11.6. The van der Waals surface area contributed by atoms with E-state index >= 15 is 0 Å². The summed E-state index contributed by atoms with van der Waals surface area (Å²) in [4.78, 5) is 21.2. The van der Waals surface area contributed by atoms with Gasteiger partial charge in [0.05, 0.1) is 22.0 Å². The molecule has 1 amide bonds. The summed E-state index contributed by atoms with van der Waals surface area (Å²) in [7, 11) is 0. The van der Waals surface area contributed by atoms with Crippen LogP contribution in [0.3, 0.4) is 0 Å². The molecule has 0 saturated carbocycles. The first kappa shape index (κ1) is 16.1. The van der Waals surface area contributed by atoms with Crippen LogP contribution in [0.1, 0.15) is 27.4 Å². The Morgan fingerprint density at radius 2 is 1.79 bits per heavy atom. The van der Waals surface area contributed by atoms with Gasteiger partial charge in [0.25, 0.3) is 5.91 Å². The molecule has 24 heavy (non-hydrogen) atoms. The van der Waals surface area contributed by atoms with E-state index in [0.717, 1.165) is 5.56 Å². The lowest BCUT2D eigenvalue weighted by molar-refractivity contribution is 0.102. The molecule has 3 rings (SSSR count). The van der Waals surface area contributed by atoms with E-state index in [1.165, 1.54) is 0 Å². The van der Waals surface area contributed by atoms with E-state index in [-0.39, 0.29) is 5.91 Å². The molecule has 5 heteroatoms. The number of nitrogens with one attached hydrogen (secondary N) is 1. The molecule has 0 atom stereocenters. The van der Waals surface area contributed by atoms with E-state index in [4.69, 9.17) is 11.6 Å². The zero-order valence-corrected chi connectivity index (χ0v) is 13.9. The number of rotatable bonds is 4. The highest BCUT2D eigenvalue weighted by atomic mass is 35.5. The van der Waals surface area contributed by atoms with Crippen molar-refractivity contribution in [3.63, 3.8) is 0 Å². The van der Waals surface area contributed by atoms with E-state index in [0.29, 0.717) is 34.2 Å². The average Bonchev–Trinajstić information content (AvgIpc) is 2.58. The quantitative estimate of drug-likeness (QED) is 0.773. The molecule has 2 aromatic carbocycles. The maximum atomic E-state index is 12.4. The minimum Gasteiger partial charge on any atom is -0.321 e. The Hall–Kier alpha value is -2.72. The van der Waals surface area contributed by atoms with Crippen molar-refractivity contribution in [2.75, 3.05) is 5.32 Å². The lowest BCUT2D eigenvalue weighted by Crippen LogP contribution is -2.15. The fraction of sp³-hybridized carbons (Fsp3) is 0.105. The van der Waals surface area contributed by atoms with Crippen LogP contribution in [0.4, 0.5) is 5.69 Å². The number of halogens is 1. The number of carbonyl (C=O) groups excluding carboxylic acids is 1. The van der Waals surface area contributed by atoms with Gasteiger partial charge in [-0.05, 0) is 24.6 Å². The standard InChI is InChI=1S/C19H16ClN3O/c1-13-15(19(24)23-17-10-6-5-9-16(17)20)12-21-18(22-13)11-14-7-3-2-4-8-14/h2-10,12H,11H2,1H3,(H,23,24). The van der Waals surface area contributed by atoms with Gasteiger partial charge in [-0.15, -0.1) is 0 Å². The molecule has 0 saturated heterocycles. The number of para-hydroxylation sites is 1. The zero-order valence-electron chi connectivity index (χ0n) is 13.2. The fourth-order valence-electron chi connectivity index (χ4n) is 2.35. The summed E-state index contributed by atoms with van der Waals surface area (Å²) in [6, 6.07) is 17.1. The minimum atomic E-state index is -0.271. The molecular weight excluding hydrogens is 322 g/mol. The van der Waals surface area contributed by atoms with Gasteiger partial charge in [0.15, 0.2) is 0 Å². The predicted octanol–water partition coefficient (Wildman–Crippen LogP) is 4.28. The number of hydrogen-bond donors (Lipinski definition) is 1. The zero-order chi connectivity index (χ0) is 16.9. The molecule has 3 aromatic rings. The van der Waals surface area contributed by atoms with Crippen LogP contribution >= 0.6 is 11.6 Å². The Bertz CT molecular complexity index is 865. The Balaban J connectivity index is 1.77. The summed E-state index contributed by atoms with van der Waals surface area (Å²) in [6.45, 7) is 1.80. The number of amides is 1. The van der Waals surface area contributed by atoms with Crippen molar-refractivity contribution in [2.24, 2.45) is 0 Å². The Morgan fingerprint density at radius 1 is 1.08 bits per heavy atom. The van der Waals surface area contributed by atoms with E-state index in [2.05, 4.69) is 15.3 Å². The molecule has 0 fully saturated rings. The molecule has 0 unspecified atom stereocenters. The number of nitrogens with zero attached hydrogens (tertiary/aromatic N) is 2. The molecule has 1 N–H and O–H groups in total. The fourth-order valence-corrected chi connectivity index (χ4v) is 2.54. The summed E-state index contributed by atoms with van der Waals surface area (Å²) >= 11 is 6.07. The average molecular weight is 338 g/mol. The van der Waals surface area contributed by atoms with Crippen LogP contribution in [0.25, 0.3) is 0 Å². The summed E-state index contributed by atoms with van der Waals surface area (Å²) in [5, 5.41) is 3.28. The van der Waals surface area contributed by atoms with Gasteiger partial charge in [0.1, 0.15) is 5.82 Å². The molecule has 1 aromatic heterocycles. The summed E-state index contributed by atoms with van der Waals surface area (Å²) < 4.78 is 0. The van der Waals surface area contributed by atoms with Crippen LogP contribution in [0.15, 0.2) is 60.8 Å². The predicted molar refractivity (Wildman–Crippen MR) is 95.4 cm³/mol. The number of aromatic nitrogens is 2. The third-order valence-corrected chi connectivity index (χ3v) is 3.93. The van der Waals surface area contributed by atoms with Gasteiger partial charge >= 0.3 is 0 Å². The first-order valence-electron chi connectivity index (χ1n) is 7.56. The maximum absolute atomic E-state index is 12.4. The summed E-state index contributed by atoms with van der Waals surface area (Å²) in [6.07, 6.45) is 2.20. The highest BCUT2D eigenvalue weighted by Crippen LogP contribution is 2.21. The largest absolute Gasteiger partial charge is 0.321 e. The minimum absolute atomic E-state index is 0.271. The first-order valence-corrected chi connectivity index (χ1v) is 7.93. The van der Waals surface area contributed by atoms with Crippen molar-refractivity contribution >= 4 is 23.2 Å². The van der Waals surface area contributed by atoms with Crippen LogP contribution in [0.5, 0.6) is 0 Å². The van der Waals surface area contributed by atoms with E-state index in [1.54, 1.807) is 25.3 Å².